The molecule has 0 heterocycles. The van der Waals surface area contributed by atoms with E-state index in [1.807, 2.05) is 42.5 Å². The second-order valence-electron chi connectivity index (χ2n) is 11.9. The fraction of sp³-hybridized carbons (Fsp3) is 0.316. The topological polar surface area (TPSA) is 114 Å². The lowest BCUT2D eigenvalue weighted by molar-refractivity contribution is -0.140. The van der Waals surface area contributed by atoms with Gasteiger partial charge in [-0.25, -0.2) is 8.42 Å². The van der Waals surface area contributed by atoms with Crippen LogP contribution in [-0.4, -0.2) is 65.1 Å². The summed E-state index contributed by atoms with van der Waals surface area (Å²) in [6, 6.07) is 28.4. The number of carbonyl (C=O) groups is 2. The number of nitrogens with zero attached hydrogens (tertiary/aromatic N) is 2. The Morgan fingerprint density at radius 3 is 2.10 bits per heavy atom. The molecule has 1 aliphatic carbocycles. The Morgan fingerprint density at radius 2 is 1.43 bits per heavy atom. The molecule has 49 heavy (non-hydrogen) atoms. The molecule has 2 amide bonds. The fourth-order valence-electron chi connectivity index (χ4n) is 6.11. The van der Waals surface area contributed by atoms with E-state index in [9.17, 15) is 18.0 Å². The lowest BCUT2D eigenvalue weighted by atomic mass is 10.0. The molecule has 0 aliphatic heterocycles. The molecular weight excluding hydrogens is 642 g/mol. The summed E-state index contributed by atoms with van der Waals surface area (Å²) in [7, 11) is 0.179. The molecule has 0 saturated heterocycles. The maximum absolute atomic E-state index is 14.8. The Labute approximate surface area is 288 Å². The van der Waals surface area contributed by atoms with Crippen molar-refractivity contribution in [2.24, 2.45) is 0 Å². The zero-order valence-electron chi connectivity index (χ0n) is 28.1. The quantitative estimate of drug-likeness (QED) is 0.173. The largest absolute Gasteiger partial charge is 0.497 e. The first-order valence-corrected chi connectivity index (χ1v) is 17.7. The van der Waals surface area contributed by atoms with E-state index in [0.717, 1.165) is 41.1 Å². The minimum absolute atomic E-state index is 0.0140. The van der Waals surface area contributed by atoms with E-state index in [-0.39, 0.29) is 41.2 Å². The normalized spacial score (nSPS) is 13.7. The Morgan fingerprint density at radius 1 is 0.776 bits per heavy atom. The fourth-order valence-corrected chi connectivity index (χ4v) is 7.54. The summed E-state index contributed by atoms with van der Waals surface area (Å²) in [6.45, 7) is -0.561. The SMILES string of the molecule is COc1ccc(S(=O)(=O)N(CC(=O)N(Cc2cccc(OC)c2)[C@@H](Cc2ccccc2)C(=O)NC2CCCC2)c2ccccc2OC)cc1. The van der Waals surface area contributed by atoms with Gasteiger partial charge in [0.25, 0.3) is 10.0 Å². The average Bonchev–Trinajstić information content (AvgIpc) is 3.65. The summed E-state index contributed by atoms with van der Waals surface area (Å²) in [5.41, 5.74) is 1.77. The number of sulfonamides is 1. The van der Waals surface area contributed by atoms with Gasteiger partial charge in [-0.05, 0) is 72.5 Å². The number of methoxy groups -OCH3 is 3. The van der Waals surface area contributed by atoms with Gasteiger partial charge in [0.15, 0.2) is 0 Å². The Kier molecular flexibility index (Phi) is 11.8. The molecular formula is C38H43N3O7S. The van der Waals surface area contributed by atoms with E-state index in [1.165, 1.54) is 31.3 Å². The van der Waals surface area contributed by atoms with Crippen LogP contribution in [0.3, 0.4) is 0 Å². The number of hydrogen-bond acceptors (Lipinski definition) is 7. The number of para-hydroxylation sites is 2. The molecule has 1 aliphatic rings. The van der Waals surface area contributed by atoms with Gasteiger partial charge in [-0.15, -0.1) is 0 Å². The van der Waals surface area contributed by atoms with Crippen LogP contribution in [0.25, 0.3) is 0 Å². The molecule has 1 saturated carbocycles. The van der Waals surface area contributed by atoms with Crippen molar-refractivity contribution in [1.82, 2.24) is 10.2 Å². The van der Waals surface area contributed by atoms with Crippen LogP contribution in [0.5, 0.6) is 17.2 Å². The summed E-state index contributed by atoms with van der Waals surface area (Å²) >= 11 is 0. The van der Waals surface area contributed by atoms with Gasteiger partial charge in [-0.1, -0.05) is 67.4 Å². The van der Waals surface area contributed by atoms with Crippen LogP contribution in [0.2, 0.25) is 0 Å². The zero-order valence-corrected chi connectivity index (χ0v) is 28.9. The molecule has 10 nitrogen and oxygen atoms in total. The van der Waals surface area contributed by atoms with E-state index in [2.05, 4.69) is 5.32 Å². The maximum atomic E-state index is 14.8. The number of anilines is 1. The smallest absolute Gasteiger partial charge is 0.264 e. The number of hydrogen-bond donors (Lipinski definition) is 1. The molecule has 0 bridgehead atoms. The number of amides is 2. The molecule has 1 N–H and O–H groups in total. The Hall–Kier alpha value is -5.03. The molecule has 4 aromatic carbocycles. The summed E-state index contributed by atoms with van der Waals surface area (Å²) < 4.78 is 46.1. The highest BCUT2D eigenvalue weighted by Crippen LogP contribution is 2.33. The van der Waals surface area contributed by atoms with Gasteiger partial charge in [-0.2, -0.15) is 0 Å². The first-order valence-electron chi connectivity index (χ1n) is 16.3. The number of ether oxygens (including phenoxy) is 3. The zero-order chi connectivity index (χ0) is 34.8. The second kappa shape index (κ2) is 16.4. The first-order chi connectivity index (χ1) is 23.7. The molecule has 0 aromatic heterocycles. The van der Waals surface area contributed by atoms with Gasteiger partial charge in [0, 0.05) is 19.0 Å². The van der Waals surface area contributed by atoms with Gasteiger partial charge >= 0.3 is 0 Å². The van der Waals surface area contributed by atoms with Crippen molar-refractivity contribution < 1.29 is 32.2 Å². The first kappa shape index (κ1) is 35.3. The van der Waals surface area contributed by atoms with E-state index < -0.39 is 28.5 Å². The molecule has 0 spiro atoms. The molecule has 1 atom stereocenters. The molecule has 0 unspecified atom stereocenters. The van der Waals surface area contributed by atoms with Crippen molar-refractivity contribution in [2.75, 3.05) is 32.2 Å². The summed E-state index contributed by atoms with van der Waals surface area (Å²) in [4.78, 5) is 30.4. The van der Waals surface area contributed by atoms with Crippen LogP contribution in [0, 0.1) is 0 Å². The van der Waals surface area contributed by atoms with Crippen LogP contribution in [0.15, 0.2) is 108 Å². The number of nitrogens with one attached hydrogen (secondary N) is 1. The Bertz CT molecular complexity index is 1810. The van der Waals surface area contributed by atoms with Crippen LogP contribution in [0.1, 0.15) is 36.8 Å². The highest BCUT2D eigenvalue weighted by molar-refractivity contribution is 7.92. The predicted octanol–water partition coefficient (Wildman–Crippen LogP) is 5.61. The van der Waals surface area contributed by atoms with Crippen LogP contribution in [-0.2, 0) is 32.6 Å². The van der Waals surface area contributed by atoms with Crippen molar-refractivity contribution in [1.29, 1.82) is 0 Å². The Balaban J connectivity index is 1.59. The third-order valence-corrected chi connectivity index (χ3v) is 10.5. The van der Waals surface area contributed by atoms with Gasteiger partial charge in [-0.3, -0.25) is 13.9 Å². The van der Waals surface area contributed by atoms with E-state index in [4.69, 9.17) is 14.2 Å². The lowest BCUT2D eigenvalue weighted by Gasteiger charge is -2.34. The van der Waals surface area contributed by atoms with Crippen molar-refractivity contribution in [2.45, 2.75) is 55.6 Å². The maximum Gasteiger partial charge on any atom is 0.264 e. The van der Waals surface area contributed by atoms with Crippen molar-refractivity contribution in [3.63, 3.8) is 0 Å². The summed E-state index contributed by atoms with van der Waals surface area (Å²) in [5, 5.41) is 3.19. The third-order valence-electron chi connectivity index (χ3n) is 8.74. The third kappa shape index (κ3) is 8.72. The number of benzene rings is 4. The molecule has 11 heteroatoms. The predicted molar refractivity (Wildman–Crippen MR) is 188 cm³/mol. The average molecular weight is 686 g/mol. The summed E-state index contributed by atoms with van der Waals surface area (Å²) in [6.07, 6.45) is 4.02. The highest BCUT2D eigenvalue weighted by atomic mass is 32.2. The molecule has 0 radical (unpaired) electrons. The molecule has 4 aromatic rings. The highest BCUT2D eigenvalue weighted by Gasteiger charge is 2.36. The van der Waals surface area contributed by atoms with Gasteiger partial charge in [0.2, 0.25) is 11.8 Å². The van der Waals surface area contributed by atoms with E-state index in [0.29, 0.717) is 11.5 Å². The summed E-state index contributed by atoms with van der Waals surface area (Å²) in [5.74, 6) is 0.506. The molecule has 258 valence electrons. The van der Waals surface area contributed by atoms with Crippen LogP contribution < -0.4 is 23.8 Å². The van der Waals surface area contributed by atoms with Gasteiger partial charge in [0.1, 0.15) is 29.8 Å². The van der Waals surface area contributed by atoms with Crippen LogP contribution in [0.4, 0.5) is 5.69 Å². The lowest BCUT2D eigenvalue weighted by Crippen LogP contribution is -2.54. The van der Waals surface area contributed by atoms with Crippen molar-refractivity contribution in [3.05, 3.63) is 114 Å². The van der Waals surface area contributed by atoms with Gasteiger partial charge < -0.3 is 24.4 Å². The minimum atomic E-state index is -4.32. The monoisotopic (exact) mass is 685 g/mol. The minimum Gasteiger partial charge on any atom is -0.497 e. The van der Waals surface area contributed by atoms with Crippen LogP contribution >= 0.6 is 0 Å². The number of rotatable bonds is 15. The number of carbonyl (C=O) groups excluding carboxylic acids is 2. The second-order valence-corrected chi connectivity index (χ2v) is 13.8. The van der Waals surface area contributed by atoms with Crippen molar-refractivity contribution >= 4 is 27.5 Å². The van der Waals surface area contributed by atoms with Crippen molar-refractivity contribution in [3.8, 4) is 17.2 Å². The van der Waals surface area contributed by atoms with E-state index in [1.54, 1.807) is 55.6 Å². The standard InChI is InChI=1S/C38H43N3O7S/c1-46-31-20-22-33(23-21-31)49(44,45)41(34-18-9-10-19-36(34)48-3)27-37(42)40(26-29-14-11-17-32(24-29)47-2)35(25-28-12-5-4-6-13-28)38(43)39-30-15-7-8-16-30/h4-6,9-14,17-24,30,35H,7-8,15-16,25-27H2,1-3H3,(H,39,43)/t35-/m0/s1. The van der Waals surface area contributed by atoms with E-state index >= 15 is 0 Å². The van der Waals surface area contributed by atoms with Gasteiger partial charge in [0.05, 0.1) is 31.9 Å². The molecule has 5 rings (SSSR count). The molecule has 1 fully saturated rings.